The average molecular weight is 523 g/mol. The standard InChI is InChI=1S/C29H44F2N2O4/c1-6-9-23(11-8-10-22(4)36-7-2)18-33(5)19-26-21(3)12-15-25(27(26)37-29(30)31)28(34)32-16-17-35-20-24-13-14-24/h12,15,19,23-24,29H,3-4,6-11,13-14,16-18,20H2,1-2,5H3,(H,32,34)/b26-19+. The molecule has 0 saturated heterocycles. The van der Waals surface area contributed by atoms with Crippen molar-refractivity contribution in [2.24, 2.45) is 11.8 Å². The number of carbonyl (C=O) groups excluding carboxylic acids is 1. The van der Waals surface area contributed by atoms with Gasteiger partial charge in [0, 0.05) is 44.6 Å². The number of hydrogen-bond donors (Lipinski definition) is 1. The number of carbonyl (C=O) groups is 1. The van der Waals surface area contributed by atoms with E-state index in [1.807, 2.05) is 18.9 Å². The highest BCUT2D eigenvalue weighted by Gasteiger charge is 2.21. The van der Waals surface area contributed by atoms with Crippen molar-refractivity contribution < 1.29 is 27.8 Å². The molecule has 1 amide bonds. The maximum atomic E-state index is 13.4. The highest BCUT2D eigenvalue weighted by atomic mass is 19.3. The van der Waals surface area contributed by atoms with Gasteiger partial charge in [0.2, 0.25) is 0 Å². The molecule has 1 unspecified atom stereocenters. The van der Waals surface area contributed by atoms with Crippen LogP contribution in [0.25, 0.3) is 12.8 Å². The Morgan fingerprint density at radius 1 is 1.27 bits per heavy atom. The van der Waals surface area contributed by atoms with Crippen LogP contribution in [0.3, 0.4) is 0 Å². The molecule has 1 aliphatic rings. The number of allylic oxidation sites excluding steroid dienone is 1. The minimum Gasteiger partial charge on any atom is -0.499 e. The van der Waals surface area contributed by atoms with Gasteiger partial charge in [-0.3, -0.25) is 4.79 Å². The molecule has 1 aromatic carbocycles. The van der Waals surface area contributed by atoms with Crippen LogP contribution < -0.4 is 20.5 Å². The van der Waals surface area contributed by atoms with Gasteiger partial charge in [0.05, 0.1) is 24.5 Å². The zero-order valence-electron chi connectivity index (χ0n) is 22.7. The lowest BCUT2D eigenvalue weighted by Gasteiger charge is -2.23. The fourth-order valence-corrected chi connectivity index (χ4v) is 4.32. The van der Waals surface area contributed by atoms with E-state index in [0.29, 0.717) is 48.6 Å². The Hall–Kier alpha value is -2.61. The number of rotatable bonds is 19. The summed E-state index contributed by atoms with van der Waals surface area (Å²) >= 11 is 0. The van der Waals surface area contributed by atoms with Crippen LogP contribution in [0.1, 0.15) is 69.2 Å². The van der Waals surface area contributed by atoms with Crippen LogP contribution in [0.4, 0.5) is 8.78 Å². The molecule has 1 saturated carbocycles. The highest BCUT2D eigenvalue weighted by molar-refractivity contribution is 5.97. The van der Waals surface area contributed by atoms with Crippen molar-refractivity contribution in [3.05, 3.63) is 40.5 Å². The molecule has 6 nitrogen and oxygen atoms in total. The molecule has 1 aliphatic carbocycles. The molecule has 1 N–H and O–H groups in total. The molecule has 0 aromatic heterocycles. The summed E-state index contributed by atoms with van der Waals surface area (Å²) in [5, 5.41) is 3.62. The summed E-state index contributed by atoms with van der Waals surface area (Å²) in [6.07, 6.45) is 9.01. The van der Waals surface area contributed by atoms with Crippen LogP contribution in [-0.2, 0) is 9.47 Å². The average Bonchev–Trinajstić information content (AvgIpc) is 3.65. The Morgan fingerprint density at radius 3 is 2.68 bits per heavy atom. The zero-order chi connectivity index (χ0) is 27.2. The number of ether oxygens (including phenoxy) is 3. The van der Waals surface area contributed by atoms with Crippen LogP contribution in [0, 0.1) is 11.8 Å². The first-order valence-electron chi connectivity index (χ1n) is 13.4. The molecule has 2 rings (SSSR count). The fourth-order valence-electron chi connectivity index (χ4n) is 4.32. The molecule has 1 aromatic rings. The number of alkyl halides is 2. The lowest BCUT2D eigenvalue weighted by molar-refractivity contribution is -0.0509. The Bertz CT molecular complexity index is 965. The first-order chi connectivity index (χ1) is 17.7. The minimum atomic E-state index is -3.07. The first-order valence-corrected chi connectivity index (χ1v) is 13.4. The minimum absolute atomic E-state index is 0.0501. The number of amides is 1. The van der Waals surface area contributed by atoms with E-state index in [0.717, 1.165) is 44.4 Å². The molecule has 0 spiro atoms. The summed E-state index contributed by atoms with van der Waals surface area (Å²) in [4.78, 5) is 14.8. The molecule has 8 heteroatoms. The molecular weight excluding hydrogens is 478 g/mol. The van der Waals surface area contributed by atoms with Crippen molar-refractivity contribution in [3.63, 3.8) is 0 Å². The normalized spacial score (nSPS) is 14.5. The van der Waals surface area contributed by atoms with E-state index in [2.05, 4.69) is 25.4 Å². The highest BCUT2D eigenvalue weighted by Crippen LogP contribution is 2.28. The Balaban J connectivity index is 2.13. The third-order valence-corrected chi connectivity index (χ3v) is 6.33. The number of halogens is 2. The summed E-state index contributed by atoms with van der Waals surface area (Å²) in [7, 11) is 1.90. The third-order valence-electron chi connectivity index (χ3n) is 6.33. The van der Waals surface area contributed by atoms with E-state index in [1.54, 1.807) is 12.3 Å². The van der Waals surface area contributed by atoms with E-state index < -0.39 is 12.5 Å². The van der Waals surface area contributed by atoms with Crippen molar-refractivity contribution in [1.29, 1.82) is 0 Å². The van der Waals surface area contributed by atoms with Gasteiger partial charge in [0.25, 0.3) is 5.91 Å². The van der Waals surface area contributed by atoms with Gasteiger partial charge in [-0.15, -0.1) is 0 Å². The van der Waals surface area contributed by atoms with Crippen molar-refractivity contribution in [2.45, 2.75) is 65.4 Å². The summed E-state index contributed by atoms with van der Waals surface area (Å²) in [6, 6.07) is 3.13. The third kappa shape index (κ3) is 11.5. The van der Waals surface area contributed by atoms with Gasteiger partial charge in [-0.1, -0.05) is 32.6 Å². The zero-order valence-corrected chi connectivity index (χ0v) is 22.7. The fraction of sp³-hybridized carbons (Fsp3) is 0.621. The van der Waals surface area contributed by atoms with E-state index in [-0.39, 0.29) is 11.3 Å². The van der Waals surface area contributed by atoms with Gasteiger partial charge in [0.15, 0.2) is 0 Å². The molecule has 0 radical (unpaired) electrons. The Kier molecular flexibility index (Phi) is 13.5. The second-order valence-corrected chi connectivity index (χ2v) is 9.76. The number of nitrogens with zero attached hydrogens (tertiary/aromatic N) is 1. The van der Waals surface area contributed by atoms with Gasteiger partial charge in [-0.05, 0) is 62.1 Å². The monoisotopic (exact) mass is 522 g/mol. The van der Waals surface area contributed by atoms with Crippen molar-refractivity contribution in [2.75, 3.05) is 40.0 Å². The first kappa shape index (κ1) is 30.6. The second-order valence-electron chi connectivity index (χ2n) is 9.76. The van der Waals surface area contributed by atoms with Gasteiger partial charge in [-0.2, -0.15) is 8.78 Å². The Morgan fingerprint density at radius 2 is 2.03 bits per heavy atom. The lowest BCUT2D eigenvalue weighted by atomic mass is 9.96. The van der Waals surface area contributed by atoms with Crippen LogP contribution in [0.15, 0.2) is 24.5 Å². The maximum Gasteiger partial charge on any atom is 0.387 e. The molecule has 0 bridgehead atoms. The molecular formula is C29H44F2N2O4. The predicted octanol–water partition coefficient (Wildman–Crippen LogP) is 4.66. The SMILES string of the molecule is C=C(CCCC(CCC)CN(C)/C=c1/c(OC(F)F)c(C(=O)NCCOCC2CC2)ccc1=C)OCC. The van der Waals surface area contributed by atoms with E-state index in [9.17, 15) is 13.6 Å². The van der Waals surface area contributed by atoms with E-state index >= 15 is 0 Å². The number of benzene rings is 1. The van der Waals surface area contributed by atoms with E-state index in [1.165, 1.54) is 18.9 Å². The summed E-state index contributed by atoms with van der Waals surface area (Å²) in [5.41, 5.74) is 0.0501. The summed E-state index contributed by atoms with van der Waals surface area (Å²) in [5.74, 6) is 1.20. The largest absolute Gasteiger partial charge is 0.499 e. The number of nitrogens with one attached hydrogen (secondary N) is 1. The molecule has 1 fully saturated rings. The van der Waals surface area contributed by atoms with Gasteiger partial charge >= 0.3 is 6.61 Å². The van der Waals surface area contributed by atoms with Gasteiger partial charge in [-0.25, -0.2) is 0 Å². The lowest BCUT2D eigenvalue weighted by Crippen LogP contribution is -2.35. The Labute approximate surface area is 220 Å². The van der Waals surface area contributed by atoms with Crippen LogP contribution >= 0.6 is 0 Å². The summed E-state index contributed by atoms with van der Waals surface area (Å²) < 4.78 is 42.6. The second kappa shape index (κ2) is 16.3. The smallest absolute Gasteiger partial charge is 0.387 e. The molecule has 0 heterocycles. The predicted molar refractivity (Wildman–Crippen MR) is 144 cm³/mol. The van der Waals surface area contributed by atoms with Crippen LogP contribution in [-0.4, -0.2) is 57.4 Å². The van der Waals surface area contributed by atoms with Crippen molar-refractivity contribution in [1.82, 2.24) is 10.2 Å². The van der Waals surface area contributed by atoms with Crippen LogP contribution in [0.5, 0.6) is 5.75 Å². The van der Waals surface area contributed by atoms with Gasteiger partial charge in [0.1, 0.15) is 5.75 Å². The molecule has 0 aliphatic heterocycles. The maximum absolute atomic E-state index is 13.4. The van der Waals surface area contributed by atoms with Crippen molar-refractivity contribution >= 4 is 18.7 Å². The van der Waals surface area contributed by atoms with Crippen LogP contribution in [0.2, 0.25) is 0 Å². The topological polar surface area (TPSA) is 60.0 Å². The van der Waals surface area contributed by atoms with E-state index in [4.69, 9.17) is 14.2 Å². The quantitative estimate of drug-likeness (QED) is 0.212. The van der Waals surface area contributed by atoms with Crippen molar-refractivity contribution in [3.8, 4) is 5.75 Å². The number of hydrogen-bond acceptors (Lipinski definition) is 5. The molecule has 1 atom stereocenters. The summed E-state index contributed by atoms with van der Waals surface area (Å²) in [6.45, 7) is 11.7. The molecule has 208 valence electrons. The molecule has 37 heavy (non-hydrogen) atoms. The van der Waals surface area contributed by atoms with Gasteiger partial charge < -0.3 is 24.4 Å².